The van der Waals surface area contributed by atoms with Crippen LogP contribution in [0.15, 0.2) is 0 Å². The number of alkyl halides is 1. The molecule has 0 heterocycles. The molecule has 0 aliphatic carbocycles. The van der Waals surface area contributed by atoms with Gasteiger partial charge in [-0.1, -0.05) is 107 Å². The third-order valence-corrected chi connectivity index (χ3v) is 5.20. The van der Waals surface area contributed by atoms with E-state index < -0.39 is 0 Å². The van der Waals surface area contributed by atoms with Crippen LogP contribution in [0.5, 0.6) is 0 Å². The molecule has 0 rings (SSSR count). The summed E-state index contributed by atoms with van der Waals surface area (Å²) < 4.78 is 6.22. The van der Waals surface area contributed by atoms with E-state index in [1.807, 2.05) is 0 Å². The van der Waals surface area contributed by atoms with Gasteiger partial charge in [0, 0.05) is 11.9 Å². The molecule has 0 aromatic carbocycles. The molecule has 1 atom stereocenters. The molecule has 1 nitrogen and oxygen atoms in total. The van der Waals surface area contributed by atoms with Crippen molar-refractivity contribution in [3.63, 3.8) is 0 Å². The van der Waals surface area contributed by atoms with Crippen LogP contribution in [-0.2, 0) is 4.74 Å². The lowest BCUT2D eigenvalue weighted by atomic mass is 10.0. The summed E-state index contributed by atoms with van der Waals surface area (Å²) in [6.07, 6.45) is 22.2. The van der Waals surface area contributed by atoms with E-state index >= 15 is 0 Å². The topological polar surface area (TPSA) is 9.23 Å². The molecule has 0 amide bonds. The third kappa shape index (κ3) is 18.6. The van der Waals surface area contributed by atoms with Crippen LogP contribution in [0.2, 0.25) is 0 Å². The lowest BCUT2D eigenvalue weighted by molar-refractivity contribution is 0.0358. The Bertz CT molecular complexity index is 192. The predicted octanol–water partition coefficient (Wildman–Crippen LogP) is 8.05. The van der Waals surface area contributed by atoms with E-state index in [1.54, 1.807) is 0 Å². The average Bonchev–Trinajstić information content (AvgIpc) is 2.57. The summed E-state index contributed by atoms with van der Waals surface area (Å²) in [7, 11) is 0. The van der Waals surface area contributed by atoms with Gasteiger partial charge in [0.1, 0.15) is 0 Å². The molecule has 0 saturated heterocycles. The summed E-state index contributed by atoms with van der Waals surface area (Å²) in [5, 5.41) is 1.14. The van der Waals surface area contributed by atoms with Gasteiger partial charge in [-0.3, -0.25) is 0 Å². The van der Waals surface area contributed by atoms with Crippen molar-refractivity contribution in [2.45, 2.75) is 123 Å². The van der Waals surface area contributed by atoms with Crippen molar-refractivity contribution in [3.05, 3.63) is 0 Å². The third-order valence-electron chi connectivity index (χ3n) is 4.64. The van der Waals surface area contributed by atoms with Gasteiger partial charge in [0.2, 0.25) is 0 Å². The second-order valence-electron chi connectivity index (χ2n) is 7.00. The van der Waals surface area contributed by atoms with Gasteiger partial charge in [-0.25, -0.2) is 0 Å². The van der Waals surface area contributed by atoms with E-state index in [-0.39, 0.29) is 0 Å². The molecule has 0 aliphatic heterocycles. The molecule has 0 saturated carbocycles. The highest BCUT2D eigenvalue weighted by Gasteiger charge is 2.08. The minimum Gasteiger partial charge on any atom is -0.378 e. The summed E-state index contributed by atoms with van der Waals surface area (Å²) in [4.78, 5) is 0. The van der Waals surface area contributed by atoms with Crippen LogP contribution >= 0.6 is 15.9 Å². The Hall–Kier alpha value is 0.440. The largest absolute Gasteiger partial charge is 0.378 e. The smallest absolute Gasteiger partial charge is 0.0575 e. The lowest BCUT2D eigenvalue weighted by Crippen LogP contribution is -2.14. The number of rotatable bonds is 19. The minimum absolute atomic E-state index is 0.536. The molecule has 0 aromatic rings. The quantitative estimate of drug-likeness (QED) is 0.160. The first kappa shape index (κ1) is 23.4. The van der Waals surface area contributed by atoms with E-state index in [2.05, 4.69) is 29.8 Å². The van der Waals surface area contributed by atoms with Gasteiger partial charge in [-0.05, 0) is 25.7 Å². The molecule has 0 aromatic heterocycles. The van der Waals surface area contributed by atoms with E-state index in [0.717, 1.165) is 11.9 Å². The highest BCUT2D eigenvalue weighted by atomic mass is 79.9. The summed E-state index contributed by atoms with van der Waals surface area (Å²) in [5.41, 5.74) is 0. The molecule has 0 aliphatic rings. The Balaban J connectivity index is 3.70. The number of hydrogen-bond acceptors (Lipinski definition) is 1. The SMILES string of the molecule is CCCCCCCCC(CCCCCC)OCCCCCCBr. The summed E-state index contributed by atoms with van der Waals surface area (Å²) in [6, 6.07) is 0. The number of unbranched alkanes of at least 4 members (excludes halogenated alkanes) is 11. The van der Waals surface area contributed by atoms with Crippen LogP contribution in [0.3, 0.4) is 0 Å². The van der Waals surface area contributed by atoms with E-state index in [1.165, 1.54) is 103 Å². The molecular formula is C21H43BrO. The fraction of sp³-hybridized carbons (Fsp3) is 1.00. The Morgan fingerprint density at radius 1 is 0.609 bits per heavy atom. The van der Waals surface area contributed by atoms with E-state index in [9.17, 15) is 0 Å². The first-order valence-corrected chi connectivity index (χ1v) is 11.6. The van der Waals surface area contributed by atoms with Gasteiger partial charge in [-0.2, -0.15) is 0 Å². The van der Waals surface area contributed by atoms with Crippen LogP contribution in [0.25, 0.3) is 0 Å². The monoisotopic (exact) mass is 390 g/mol. The van der Waals surface area contributed by atoms with E-state index in [0.29, 0.717) is 6.10 Å². The molecular weight excluding hydrogens is 348 g/mol. The molecule has 0 spiro atoms. The maximum Gasteiger partial charge on any atom is 0.0575 e. The van der Waals surface area contributed by atoms with Gasteiger partial charge >= 0.3 is 0 Å². The van der Waals surface area contributed by atoms with Crippen molar-refractivity contribution >= 4 is 15.9 Å². The Morgan fingerprint density at radius 3 is 1.70 bits per heavy atom. The van der Waals surface area contributed by atoms with Crippen LogP contribution in [0.4, 0.5) is 0 Å². The zero-order valence-corrected chi connectivity index (χ0v) is 17.7. The lowest BCUT2D eigenvalue weighted by Gasteiger charge is -2.18. The summed E-state index contributed by atoms with van der Waals surface area (Å²) >= 11 is 3.50. The molecule has 2 heteroatoms. The molecule has 0 fully saturated rings. The van der Waals surface area contributed by atoms with Gasteiger partial charge in [0.15, 0.2) is 0 Å². The average molecular weight is 391 g/mol. The first-order chi connectivity index (χ1) is 11.3. The standard InChI is InChI=1S/C21H43BrO/c1-3-5-7-9-10-14-18-21(17-13-8-6-4-2)23-20-16-12-11-15-19-22/h21H,3-20H2,1-2H3. The summed E-state index contributed by atoms with van der Waals surface area (Å²) in [6.45, 7) is 5.56. The van der Waals surface area contributed by atoms with Crippen LogP contribution in [0, 0.1) is 0 Å². The van der Waals surface area contributed by atoms with Crippen LogP contribution in [-0.4, -0.2) is 18.0 Å². The Labute approximate surface area is 155 Å². The fourth-order valence-corrected chi connectivity index (χ4v) is 3.46. The molecule has 0 N–H and O–H groups in total. The second-order valence-corrected chi connectivity index (χ2v) is 7.79. The van der Waals surface area contributed by atoms with E-state index in [4.69, 9.17) is 4.74 Å². The molecule has 0 radical (unpaired) electrons. The predicted molar refractivity (Wildman–Crippen MR) is 109 cm³/mol. The normalized spacial score (nSPS) is 12.7. The fourth-order valence-electron chi connectivity index (χ4n) is 3.06. The van der Waals surface area contributed by atoms with Crippen molar-refractivity contribution in [2.24, 2.45) is 0 Å². The van der Waals surface area contributed by atoms with Crippen LogP contribution < -0.4 is 0 Å². The van der Waals surface area contributed by atoms with Crippen LogP contribution in [0.1, 0.15) is 117 Å². The Kier molecular flexibility index (Phi) is 20.9. The van der Waals surface area contributed by atoms with Gasteiger partial charge < -0.3 is 4.74 Å². The molecule has 23 heavy (non-hydrogen) atoms. The Morgan fingerprint density at radius 2 is 1.09 bits per heavy atom. The molecule has 1 unspecified atom stereocenters. The molecule has 0 bridgehead atoms. The number of halogens is 1. The van der Waals surface area contributed by atoms with Crippen molar-refractivity contribution in [1.29, 1.82) is 0 Å². The van der Waals surface area contributed by atoms with Crippen molar-refractivity contribution in [3.8, 4) is 0 Å². The van der Waals surface area contributed by atoms with Gasteiger partial charge in [0.05, 0.1) is 6.10 Å². The van der Waals surface area contributed by atoms with Crippen molar-refractivity contribution in [1.82, 2.24) is 0 Å². The zero-order chi connectivity index (χ0) is 17.0. The number of ether oxygens (including phenoxy) is 1. The maximum atomic E-state index is 6.22. The maximum absolute atomic E-state index is 6.22. The number of hydrogen-bond donors (Lipinski definition) is 0. The van der Waals surface area contributed by atoms with Gasteiger partial charge in [0.25, 0.3) is 0 Å². The molecule has 140 valence electrons. The summed E-state index contributed by atoms with van der Waals surface area (Å²) in [5.74, 6) is 0. The van der Waals surface area contributed by atoms with Crippen molar-refractivity contribution in [2.75, 3.05) is 11.9 Å². The first-order valence-electron chi connectivity index (χ1n) is 10.5. The zero-order valence-electron chi connectivity index (χ0n) is 16.1. The second kappa shape index (κ2) is 20.5. The van der Waals surface area contributed by atoms with Gasteiger partial charge in [-0.15, -0.1) is 0 Å². The highest BCUT2D eigenvalue weighted by Crippen LogP contribution is 2.17. The van der Waals surface area contributed by atoms with Crippen molar-refractivity contribution < 1.29 is 4.74 Å². The highest BCUT2D eigenvalue weighted by molar-refractivity contribution is 9.09. The minimum atomic E-state index is 0.536.